The van der Waals surface area contributed by atoms with Gasteiger partial charge in [-0.2, -0.15) is 5.26 Å². The Kier molecular flexibility index (Phi) is 3.68. The number of carbonyl (C=O) groups excluding carboxylic acids is 1. The summed E-state index contributed by atoms with van der Waals surface area (Å²) in [6.07, 6.45) is 0.824. The monoisotopic (exact) mass is 286 g/mol. The Bertz CT molecular complexity index is 635. The molecule has 20 heavy (non-hydrogen) atoms. The lowest BCUT2D eigenvalue weighted by Gasteiger charge is -2.15. The van der Waals surface area contributed by atoms with Crippen molar-refractivity contribution in [3.05, 3.63) is 35.2 Å². The first-order valence-corrected chi connectivity index (χ1v) is 7.36. The van der Waals surface area contributed by atoms with E-state index in [9.17, 15) is 10.1 Å². The molecule has 0 bridgehead atoms. The minimum Gasteiger partial charge on any atom is -0.381 e. The Labute approximate surface area is 121 Å². The van der Waals surface area contributed by atoms with Crippen LogP contribution >= 0.6 is 11.3 Å². The minimum atomic E-state index is -0.477. The van der Waals surface area contributed by atoms with Gasteiger partial charge in [0.25, 0.3) is 5.91 Å². The van der Waals surface area contributed by atoms with E-state index >= 15 is 0 Å². The molecule has 0 aliphatic carbocycles. The van der Waals surface area contributed by atoms with Crippen molar-refractivity contribution >= 4 is 27.3 Å². The van der Waals surface area contributed by atoms with Gasteiger partial charge in [0.15, 0.2) is 0 Å². The fraction of sp³-hybridized carbons (Fsp3) is 0.333. The average Bonchev–Trinajstić information content (AvgIpc) is 3.13. The highest BCUT2D eigenvalue weighted by Crippen LogP contribution is 2.25. The van der Waals surface area contributed by atoms with Crippen LogP contribution in [0.4, 0.5) is 0 Å². The largest absolute Gasteiger partial charge is 0.381 e. The minimum absolute atomic E-state index is 0.0957. The molecule has 3 rings (SSSR count). The van der Waals surface area contributed by atoms with E-state index in [2.05, 4.69) is 11.4 Å². The summed E-state index contributed by atoms with van der Waals surface area (Å²) in [4.78, 5) is 12.9. The topological polar surface area (TPSA) is 62.1 Å². The summed E-state index contributed by atoms with van der Waals surface area (Å²) in [5, 5.41) is 13.1. The van der Waals surface area contributed by atoms with Gasteiger partial charge in [0.05, 0.1) is 17.6 Å². The quantitative estimate of drug-likeness (QED) is 0.943. The SMILES string of the molecule is N#C[C@@H](NC(=O)c1cc2ccccc2s1)[C@H]1CCOC1. The molecule has 2 heterocycles. The second-order valence-corrected chi connectivity index (χ2v) is 5.94. The summed E-state index contributed by atoms with van der Waals surface area (Å²) in [5.74, 6) is -0.0806. The Morgan fingerprint density at radius 1 is 1.50 bits per heavy atom. The van der Waals surface area contributed by atoms with E-state index in [-0.39, 0.29) is 11.8 Å². The lowest BCUT2D eigenvalue weighted by molar-refractivity contribution is 0.0935. The van der Waals surface area contributed by atoms with E-state index in [0.717, 1.165) is 16.5 Å². The molecule has 2 aromatic rings. The highest BCUT2D eigenvalue weighted by atomic mass is 32.1. The molecular formula is C15H14N2O2S. The first kappa shape index (κ1) is 13.1. The van der Waals surface area contributed by atoms with Crippen molar-refractivity contribution in [3.63, 3.8) is 0 Å². The zero-order valence-electron chi connectivity index (χ0n) is 10.8. The van der Waals surface area contributed by atoms with E-state index < -0.39 is 6.04 Å². The summed E-state index contributed by atoms with van der Waals surface area (Å²) < 4.78 is 6.35. The van der Waals surface area contributed by atoms with Gasteiger partial charge in [0.2, 0.25) is 0 Å². The van der Waals surface area contributed by atoms with Crippen LogP contribution in [-0.2, 0) is 4.74 Å². The van der Waals surface area contributed by atoms with Gasteiger partial charge in [-0.15, -0.1) is 11.3 Å². The third kappa shape index (κ3) is 2.53. The summed E-state index contributed by atoms with van der Waals surface area (Å²) in [6.45, 7) is 1.21. The van der Waals surface area contributed by atoms with Gasteiger partial charge in [0, 0.05) is 17.2 Å². The molecule has 2 atom stereocenters. The van der Waals surface area contributed by atoms with Crippen LogP contribution in [0, 0.1) is 17.2 Å². The van der Waals surface area contributed by atoms with Gasteiger partial charge in [-0.1, -0.05) is 18.2 Å². The Morgan fingerprint density at radius 3 is 3.05 bits per heavy atom. The number of amides is 1. The number of hydrogen-bond donors (Lipinski definition) is 1. The van der Waals surface area contributed by atoms with Crippen LogP contribution in [0.2, 0.25) is 0 Å². The van der Waals surface area contributed by atoms with Gasteiger partial charge in [-0.3, -0.25) is 4.79 Å². The lowest BCUT2D eigenvalue weighted by atomic mass is 10.0. The molecule has 1 saturated heterocycles. The molecule has 0 spiro atoms. The predicted octanol–water partition coefficient (Wildman–Crippen LogP) is 2.56. The Balaban J connectivity index is 1.76. The molecule has 1 aromatic carbocycles. The maximum Gasteiger partial charge on any atom is 0.262 e. The molecule has 102 valence electrons. The van der Waals surface area contributed by atoms with E-state index in [1.807, 2.05) is 30.3 Å². The van der Waals surface area contributed by atoms with Gasteiger partial charge in [0.1, 0.15) is 6.04 Å². The number of ether oxygens (including phenoxy) is 1. The molecule has 1 N–H and O–H groups in total. The first-order valence-electron chi connectivity index (χ1n) is 6.55. The van der Waals surface area contributed by atoms with Crippen molar-refractivity contribution in [3.8, 4) is 6.07 Å². The normalized spacial score (nSPS) is 19.6. The van der Waals surface area contributed by atoms with Crippen molar-refractivity contribution in [1.82, 2.24) is 5.32 Å². The number of nitriles is 1. The Hall–Kier alpha value is -1.90. The standard InChI is InChI=1S/C15H14N2O2S/c16-8-12(11-5-6-19-9-11)17-15(18)14-7-10-3-1-2-4-13(10)20-14/h1-4,7,11-12H,5-6,9H2,(H,17,18)/t11-,12+/m0/s1. The highest BCUT2D eigenvalue weighted by molar-refractivity contribution is 7.20. The zero-order chi connectivity index (χ0) is 13.9. The number of thiophene rings is 1. The van der Waals surface area contributed by atoms with Crippen molar-refractivity contribution in [2.75, 3.05) is 13.2 Å². The highest BCUT2D eigenvalue weighted by Gasteiger charge is 2.27. The number of rotatable bonds is 3. The van der Waals surface area contributed by atoms with Crippen LogP contribution < -0.4 is 5.32 Å². The van der Waals surface area contributed by atoms with Crippen LogP contribution in [0.3, 0.4) is 0 Å². The number of fused-ring (bicyclic) bond motifs is 1. The van der Waals surface area contributed by atoms with E-state index in [1.54, 1.807) is 0 Å². The van der Waals surface area contributed by atoms with Crippen LogP contribution in [0.15, 0.2) is 30.3 Å². The number of nitrogens with one attached hydrogen (secondary N) is 1. The molecule has 1 aliphatic rings. The molecule has 1 aromatic heterocycles. The van der Waals surface area contributed by atoms with Crippen molar-refractivity contribution < 1.29 is 9.53 Å². The maximum atomic E-state index is 12.2. The molecule has 0 saturated carbocycles. The zero-order valence-corrected chi connectivity index (χ0v) is 11.7. The van der Waals surface area contributed by atoms with E-state index in [4.69, 9.17) is 4.74 Å². The molecule has 5 heteroatoms. The smallest absolute Gasteiger partial charge is 0.262 e. The third-order valence-corrected chi connectivity index (χ3v) is 4.63. The summed E-state index contributed by atoms with van der Waals surface area (Å²) in [7, 11) is 0. The second kappa shape index (κ2) is 5.61. The second-order valence-electron chi connectivity index (χ2n) is 4.85. The number of benzene rings is 1. The average molecular weight is 286 g/mol. The molecule has 0 unspecified atom stereocenters. The molecule has 1 aliphatic heterocycles. The van der Waals surface area contributed by atoms with Crippen molar-refractivity contribution in [2.24, 2.45) is 5.92 Å². The maximum absolute atomic E-state index is 12.2. The Morgan fingerprint density at radius 2 is 2.35 bits per heavy atom. The summed E-state index contributed by atoms with van der Waals surface area (Å²) in [6, 6.07) is 11.4. The van der Waals surface area contributed by atoms with E-state index in [1.165, 1.54) is 11.3 Å². The van der Waals surface area contributed by atoms with Crippen molar-refractivity contribution in [1.29, 1.82) is 5.26 Å². The van der Waals surface area contributed by atoms with Crippen LogP contribution in [0.1, 0.15) is 16.1 Å². The van der Waals surface area contributed by atoms with E-state index in [0.29, 0.717) is 18.1 Å². The number of carbonyl (C=O) groups is 1. The number of hydrogen-bond acceptors (Lipinski definition) is 4. The van der Waals surface area contributed by atoms with Crippen LogP contribution in [0.25, 0.3) is 10.1 Å². The number of nitrogens with zero attached hydrogens (tertiary/aromatic N) is 1. The molecule has 0 radical (unpaired) electrons. The van der Waals surface area contributed by atoms with Gasteiger partial charge >= 0.3 is 0 Å². The molecule has 4 nitrogen and oxygen atoms in total. The molecule has 1 fully saturated rings. The summed E-state index contributed by atoms with van der Waals surface area (Å²) in [5.41, 5.74) is 0. The van der Waals surface area contributed by atoms with Crippen LogP contribution in [-0.4, -0.2) is 25.2 Å². The van der Waals surface area contributed by atoms with Gasteiger partial charge < -0.3 is 10.1 Å². The third-order valence-electron chi connectivity index (χ3n) is 3.51. The first-order chi connectivity index (χ1) is 9.78. The summed E-state index contributed by atoms with van der Waals surface area (Å²) >= 11 is 1.45. The lowest BCUT2D eigenvalue weighted by Crippen LogP contribution is -2.39. The molecular weight excluding hydrogens is 272 g/mol. The fourth-order valence-corrected chi connectivity index (χ4v) is 3.34. The van der Waals surface area contributed by atoms with Crippen LogP contribution in [0.5, 0.6) is 0 Å². The predicted molar refractivity (Wildman–Crippen MR) is 77.6 cm³/mol. The molecule has 1 amide bonds. The van der Waals surface area contributed by atoms with Crippen molar-refractivity contribution in [2.45, 2.75) is 12.5 Å². The fourth-order valence-electron chi connectivity index (χ4n) is 2.38. The van der Waals surface area contributed by atoms with Gasteiger partial charge in [-0.05, 0) is 23.9 Å². The van der Waals surface area contributed by atoms with Gasteiger partial charge in [-0.25, -0.2) is 0 Å².